The number of nitrogens with zero attached hydrogens (tertiary/aromatic N) is 1. The number of esters is 1. The van der Waals surface area contributed by atoms with E-state index >= 15 is 0 Å². The van der Waals surface area contributed by atoms with Gasteiger partial charge in [0.1, 0.15) is 24.2 Å². The van der Waals surface area contributed by atoms with Crippen molar-refractivity contribution in [3.8, 4) is 5.75 Å². The number of carbonyl (C=O) groups excluding carboxylic acids is 1. The standard InChI is InChI=1S/C20H22FNO3.C7H8O.H2O/c1-22-18(11-12-19(22)20(23)24-2)14-7-9-16(10-8-14)25-13-15-5-3-4-6-17(15)21;8-6-7-4-2-1-3-5-7;/h3-10,18-19H,11-13H2,1-2H3;1-5,8H,6H2;1H2/t18?,19-;;/m0../s1. The Labute approximate surface area is 199 Å². The van der Waals surface area contributed by atoms with Gasteiger partial charge in [0, 0.05) is 11.6 Å². The van der Waals surface area contributed by atoms with E-state index < -0.39 is 0 Å². The summed E-state index contributed by atoms with van der Waals surface area (Å²) in [6.45, 7) is 0.334. The van der Waals surface area contributed by atoms with Gasteiger partial charge < -0.3 is 20.1 Å². The SMILES string of the molecule is COC(=O)[C@@H]1CCC(c2ccc(OCc3ccccc3F)cc2)N1C.O.OCc1ccccc1. The van der Waals surface area contributed by atoms with Crippen LogP contribution in [0.2, 0.25) is 0 Å². The normalized spacial score (nSPS) is 17.2. The monoisotopic (exact) mass is 469 g/mol. The summed E-state index contributed by atoms with van der Waals surface area (Å²) in [5, 5.41) is 8.54. The molecule has 1 fully saturated rings. The van der Waals surface area contributed by atoms with Gasteiger partial charge in [0.2, 0.25) is 0 Å². The smallest absolute Gasteiger partial charge is 0.323 e. The number of aliphatic hydroxyl groups is 1. The van der Waals surface area contributed by atoms with Gasteiger partial charge in [-0.05, 0) is 49.2 Å². The highest BCUT2D eigenvalue weighted by Crippen LogP contribution is 2.35. The molecule has 7 heteroatoms. The molecule has 182 valence electrons. The van der Waals surface area contributed by atoms with Crippen molar-refractivity contribution in [1.29, 1.82) is 0 Å². The zero-order valence-corrected chi connectivity index (χ0v) is 19.5. The maximum absolute atomic E-state index is 13.6. The second-order valence-corrected chi connectivity index (χ2v) is 7.89. The van der Waals surface area contributed by atoms with Crippen molar-refractivity contribution >= 4 is 5.97 Å². The zero-order valence-electron chi connectivity index (χ0n) is 19.5. The Bertz CT molecular complexity index is 1010. The first-order valence-corrected chi connectivity index (χ1v) is 10.9. The van der Waals surface area contributed by atoms with E-state index in [1.165, 1.54) is 13.2 Å². The number of likely N-dealkylation sites (N-methyl/N-ethyl adjacent to an activating group) is 1. The Morgan fingerprint density at radius 2 is 1.65 bits per heavy atom. The number of methoxy groups -OCH3 is 1. The molecule has 0 radical (unpaired) electrons. The van der Waals surface area contributed by atoms with E-state index in [0.29, 0.717) is 11.3 Å². The van der Waals surface area contributed by atoms with Crippen LogP contribution in [0.25, 0.3) is 0 Å². The van der Waals surface area contributed by atoms with Crippen LogP contribution in [0.1, 0.15) is 35.6 Å². The Hall–Kier alpha value is -3.26. The summed E-state index contributed by atoms with van der Waals surface area (Å²) in [5.41, 5.74) is 2.63. The molecule has 0 saturated carbocycles. The lowest BCUT2D eigenvalue weighted by molar-refractivity contribution is -0.145. The van der Waals surface area contributed by atoms with E-state index in [-0.39, 0.29) is 42.6 Å². The third kappa shape index (κ3) is 7.12. The largest absolute Gasteiger partial charge is 0.489 e. The predicted octanol–water partition coefficient (Wildman–Crippen LogP) is 4.07. The topological polar surface area (TPSA) is 90.5 Å². The molecular formula is C27H32FNO5. The van der Waals surface area contributed by atoms with E-state index in [4.69, 9.17) is 14.6 Å². The van der Waals surface area contributed by atoms with Gasteiger partial charge in [-0.3, -0.25) is 9.69 Å². The molecule has 1 aliphatic heterocycles. The summed E-state index contributed by atoms with van der Waals surface area (Å²) in [5.74, 6) is 0.243. The highest BCUT2D eigenvalue weighted by Gasteiger charge is 2.36. The van der Waals surface area contributed by atoms with E-state index in [1.54, 1.807) is 18.2 Å². The van der Waals surface area contributed by atoms with Gasteiger partial charge in [0.15, 0.2) is 0 Å². The molecule has 0 aliphatic carbocycles. The molecule has 1 saturated heterocycles. The second kappa shape index (κ2) is 13.4. The van der Waals surface area contributed by atoms with Crippen LogP contribution in [0.3, 0.4) is 0 Å². The lowest BCUT2D eigenvalue weighted by atomic mass is 10.0. The van der Waals surface area contributed by atoms with Gasteiger partial charge in [-0.2, -0.15) is 0 Å². The van der Waals surface area contributed by atoms with Crippen LogP contribution in [0.15, 0.2) is 78.9 Å². The summed E-state index contributed by atoms with van der Waals surface area (Å²) < 4.78 is 24.1. The Kier molecular flexibility index (Phi) is 10.7. The average molecular weight is 470 g/mol. The molecule has 0 spiro atoms. The van der Waals surface area contributed by atoms with Crippen molar-refractivity contribution in [2.24, 2.45) is 0 Å². The first-order valence-electron chi connectivity index (χ1n) is 10.9. The lowest BCUT2D eigenvalue weighted by Gasteiger charge is -2.24. The Morgan fingerprint density at radius 1 is 1.00 bits per heavy atom. The minimum Gasteiger partial charge on any atom is -0.489 e. The summed E-state index contributed by atoms with van der Waals surface area (Å²) in [4.78, 5) is 13.8. The number of likely N-dealkylation sites (tertiary alicyclic amines) is 1. The first-order chi connectivity index (χ1) is 16.0. The Morgan fingerprint density at radius 3 is 2.24 bits per heavy atom. The van der Waals surface area contributed by atoms with Gasteiger partial charge in [-0.25, -0.2) is 4.39 Å². The number of carbonyl (C=O) groups is 1. The minimum atomic E-state index is -0.263. The molecule has 3 aromatic rings. The summed E-state index contributed by atoms with van der Waals surface area (Å²) in [6.07, 6.45) is 1.70. The first kappa shape index (κ1) is 27.0. The molecule has 3 aromatic carbocycles. The highest BCUT2D eigenvalue weighted by molar-refractivity contribution is 5.76. The minimum absolute atomic E-state index is 0. The van der Waals surface area contributed by atoms with E-state index in [0.717, 1.165) is 24.0 Å². The average Bonchev–Trinajstić information content (AvgIpc) is 3.25. The molecule has 0 aromatic heterocycles. The lowest BCUT2D eigenvalue weighted by Crippen LogP contribution is -2.35. The maximum atomic E-state index is 13.6. The molecule has 1 aliphatic rings. The number of halogens is 1. The molecule has 6 nitrogen and oxygen atoms in total. The molecule has 3 N–H and O–H groups in total. The fourth-order valence-corrected chi connectivity index (χ4v) is 3.91. The maximum Gasteiger partial charge on any atom is 0.323 e. The van der Waals surface area contributed by atoms with Gasteiger partial charge in [-0.15, -0.1) is 0 Å². The van der Waals surface area contributed by atoms with Gasteiger partial charge in [0.25, 0.3) is 0 Å². The Balaban J connectivity index is 0.000000386. The third-order valence-electron chi connectivity index (χ3n) is 5.81. The summed E-state index contributed by atoms with van der Waals surface area (Å²) >= 11 is 0. The number of ether oxygens (including phenoxy) is 2. The van der Waals surface area contributed by atoms with Crippen LogP contribution in [0.5, 0.6) is 5.75 Å². The van der Waals surface area contributed by atoms with E-state index in [2.05, 4.69) is 4.90 Å². The molecule has 2 atom stereocenters. The predicted molar refractivity (Wildman–Crippen MR) is 129 cm³/mol. The highest BCUT2D eigenvalue weighted by atomic mass is 19.1. The van der Waals surface area contributed by atoms with Crippen LogP contribution in [-0.4, -0.2) is 41.7 Å². The summed E-state index contributed by atoms with van der Waals surface area (Å²) in [6, 6.07) is 23.9. The molecule has 1 heterocycles. The molecule has 1 unspecified atom stereocenters. The van der Waals surface area contributed by atoms with Crippen molar-refractivity contribution in [2.75, 3.05) is 14.2 Å². The van der Waals surface area contributed by atoms with Crippen LogP contribution >= 0.6 is 0 Å². The number of rotatable bonds is 6. The number of aliphatic hydroxyl groups excluding tert-OH is 1. The molecule has 34 heavy (non-hydrogen) atoms. The zero-order chi connectivity index (χ0) is 23.6. The van der Waals surface area contributed by atoms with Crippen molar-refractivity contribution < 1.29 is 29.2 Å². The van der Waals surface area contributed by atoms with Crippen molar-refractivity contribution in [3.05, 3.63) is 101 Å². The fraction of sp³-hybridized carbons (Fsp3) is 0.296. The van der Waals surface area contributed by atoms with Crippen molar-refractivity contribution in [3.63, 3.8) is 0 Å². The molecule has 0 bridgehead atoms. The third-order valence-corrected chi connectivity index (χ3v) is 5.81. The number of hydrogen-bond acceptors (Lipinski definition) is 5. The van der Waals surface area contributed by atoms with Crippen LogP contribution in [0, 0.1) is 5.82 Å². The van der Waals surface area contributed by atoms with Crippen LogP contribution in [-0.2, 0) is 22.7 Å². The number of hydrogen-bond donors (Lipinski definition) is 1. The number of benzene rings is 3. The second-order valence-electron chi connectivity index (χ2n) is 7.89. The van der Waals surface area contributed by atoms with E-state index in [1.807, 2.05) is 61.6 Å². The van der Waals surface area contributed by atoms with Gasteiger partial charge in [0.05, 0.1) is 13.7 Å². The van der Waals surface area contributed by atoms with Gasteiger partial charge >= 0.3 is 5.97 Å². The molecular weight excluding hydrogens is 437 g/mol. The van der Waals surface area contributed by atoms with Crippen molar-refractivity contribution in [1.82, 2.24) is 4.90 Å². The van der Waals surface area contributed by atoms with Crippen molar-refractivity contribution in [2.45, 2.75) is 38.1 Å². The molecule has 4 rings (SSSR count). The van der Waals surface area contributed by atoms with Gasteiger partial charge in [-0.1, -0.05) is 60.7 Å². The quantitative estimate of drug-likeness (QED) is 0.550. The van der Waals surface area contributed by atoms with Crippen LogP contribution in [0.4, 0.5) is 4.39 Å². The van der Waals surface area contributed by atoms with Crippen LogP contribution < -0.4 is 4.74 Å². The van der Waals surface area contributed by atoms with E-state index in [9.17, 15) is 9.18 Å². The summed E-state index contributed by atoms with van der Waals surface area (Å²) in [7, 11) is 3.37. The molecule has 0 amide bonds. The fourth-order valence-electron chi connectivity index (χ4n) is 3.91.